The average Bonchev–Trinajstić information content (AvgIpc) is 3.19. The Balaban J connectivity index is 1.70. The lowest BCUT2D eigenvalue weighted by Gasteiger charge is -2.30. The number of benzene rings is 1. The number of hydrogen-bond acceptors (Lipinski definition) is 3. The summed E-state index contributed by atoms with van der Waals surface area (Å²) < 4.78 is 0. The largest absolute Gasteiger partial charge is 0.357 e. The molecule has 1 fully saturated rings. The van der Waals surface area contributed by atoms with Crippen LogP contribution in [0.3, 0.4) is 0 Å². The molecule has 1 aromatic rings. The monoisotopic (exact) mass is 399 g/mol. The number of nitrogens with zero attached hydrogens (tertiary/aromatic N) is 2. The molecule has 158 valence electrons. The number of rotatable bonds is 6. The fraction of sp³-hybridized carbons (Fsp3) is 0.591. The van der Waals surface area contributed by atoms with E-state index in [4.69, 9.17) is 4.99 Å². The lowest BCUT2D eigenvalue weighted by molar-refractivity contribution is -0.138. The first-order valence-electron chi connectivity index (χ1n) is 10.6. The zero-order chi connectivity index (χ0) is 20.9. The zero-order valence-corrected chi connectivity index (χ0v) is 17.8. The van der Waals surface area contributed by atoms with E-state index in [0.29, 0.717) is 25.5 Å². The van der Waals surface area contributed by atoms with Crippen LogP contribution in [0.1, 0.15) is 50.5 Å². The van der Waals surface area contributed by atoms with Crippen molar-refractivity contribution in [2.24, 2.45) is 10.4 Å². The lowest BCUT2D eigenvalue weighted by Crippen LogP contribution is -2.44. The molecule has 2 amide bonds. The Bertz CT molecular complexity index is 768. The standard InChI is InChI=1S/C22H33N5O2/c1-4-23-21(25-15-22(11-7-8-12-22)20(29)27(2)3)24-14-16-13-19(28)26-18-10-6-5-9-17(16)18/h5-6,9-10,16H,4,7-8,11-15H2,1-3H3,(H,26,28)(H2,23,24,25). The van der Waals surface area contributed by atoms with E-state index in [-0.39, 0.29) is 23.1 Å². The Morgan fingerprint density at radius 2 is 1.97 bits per heavy atom. The molecule has 3 N–H and O–H groups in total. The molecule has 2 aliphatic rings. The highest BCUT2D eigenvalue weighted by Crippen LogP contribution is 2.39. The first kappa shape index (κ1) is 21.1. The van der Waals surface area contributed by atoms with Gasteiger partial charge in [0.25, 0.3) is 0 Å². The maximum Gasteiger partial charge on any atom is 0.230 e. The number of aliphatic imine (C=N–C) groups is 1. The third-order valence-electron chi connectivity index (χ3n) is 5.93. The number of nitrogens with one attached hydrogen (secondary N) is 3. The first-order valence-corrected chi connectivity index (χ1v) is 10.6. The number of para-hydroxylation sites is 1. The van der Waals surface area contributed by atoms with Gasteiger partial charge in [-0.3, -0.25) is 14.6 Å². The van der Waals surface area contributed by atoms with Crippen molar-refractivity contribution in [3.05, 3.63) is 29.8 Å². The highest BCUT2D eigenvalue weighted by Gasteiger charge is 2.42. The van der Waals surface area contributed by atoms with Crippen LogP contribution in [-0.4, -0.2) is 56.4 Å². The maximum atomic E-state index is 12.8. The van der Waals surface area contributed by atoms with Crippen molar-refractivity contribution in [2.45, 2.75) is 44.9 Å². The van der Waals surface area contributed by atoms with Gasteiger partial charge >= 0.3 is 0 Å². The second-order valence-electron chi connectivity index (χ2n) is 8.30. The Labute approximate surface area is 173 Å². The number of hydrogen-bond donors (Lipinski definition) is 3. The van der Waals surface area contributed by atoms with Gasteiger partial charge in [0.2, 0.25) is 11.8 Å². The maximum absolute atomic E-state index is 12.8. The fourth-order valence-electron chi connectivity index (χ4n) is 4.44. The Kier molecular flexibility index (Phi) is 6.77. The number of carbonyl (C=O) groups is 2. The summed E-state index contributed by atoms with van der Waals surface area (Å²) in [4.78, 5) is 31.3. The van der Waals surface area contributed by atoms with E-state index in [0.717, 1.165) is 43.5 Å². The Morgan fingerprint density at radius 1 is 1.24 bits per heavy atom. The van der Waals surface area contributed by atoms with E-state index in [9.17, 15) is 9.59 Å². The summed E-state index contributed by atoms with van der Waals surface area (Å²) in [5.41, 5.74) is 1.65. The van der Waals surface area contributed by atoms with Crippen LogP contribution in [0.15, 0.2) is 29.3 Å². The molecule has 29 heavy (non-hydrogen) atoms. The van der Waals surface area contributed by atoms with Crippen LogP contribution in [0.25, 0.3) is 0 Å². The highest BCUT2D eigenvalue weighted by molar-refractivity contribution is 5.94. The first-order chi connectivity index (χ1) is 13.9. The number of anilines is 1. The van der Waals surface area contributed by atoms with Gasteiger partial charge in [-0.05, 0) is 31.4 Å². The molecule has 1 aliphatic heterocycles. The number of amides is 2. The molecule has 0 saturated heterocycles. The molecule has 0 radical (unpaired) electrons. The SMILES string of the molecule is CCNC(=NCC1(C(=O)N(C)C)CCCC1)NCC1CC(=O)Nc2ccccc21. The van der Waals surface area contributed by atoms with Crippen LogP contribution in [0.2, 0.25) is 0 Å². The van der Waals surface area contributed by atoms with Crippen LogP contribution in [-0.2, 0) is 9.59 Å². The molecule has 1 aromatic carbocycles. The Hall–Kier alpha value is -2.57. The molecule has 1 unspecified atom stereocenters. The summed E-state index contributed by atoms with van der Waals surface area (Å²) in [5, 5.41) is 9.61. The van der Waals surface area contributed by atoms with Gasteiger partial charge in [-0.25, -0.2) is 0 Å². The van der Waals surface area contributed by atoms with Gasteiger partial charge in [0, 0.05) is 45.2 Å². The average molecular weight is 400 g/mol. The second kappa shape index (κ2) is 9.29. The van der Waals surface area contributed by atoms with Gasteiger partial charge < -0.3 is 20.9 Å². The van der Waals surface area contributed by atoms with Crippen LogP contribution >= 0.6 is 0 Å². The molecule has 7 nitrogen and oxygen atoms in total. The predicted octanol–water partition coefficient (Wildman–Crippen LogP) is 2.32. The molecule has 0 bridgehead atoms. The Morgan fingerprint density at radius 3 is 2.66 bits per heavy atom. The van der Waals surface area contributed by atoms with Gasteiger partial charge in [0.1, 0.15) is 0 Å². The molecule has 7 heteroatoms. The molecular formula is C22H33N5O2. The molecule has 0 spiro atoms. The minimum Gasteiger partial charge on any atom is -0.357 e. The molecular weight excluding hydrogens is 366 g/mol. The number of guanidine groups is 1. The summed E-state index contributed by atoms with van der Waals surface area (Å²) in [6, 6.07) is 7.94. The van der Waals surface area contributed by atoms with Crippen LogP contribution in [0.5, 0.6) is 0 Å². The molecule has 0 aromatic heterocycles. The molecule has 1 saturated carbocycles. The van der Waals surface area contributed by atoms with Gasteiger partial charge in [-0.1, -0.05) is 31.0 Å². The van der Waals surface area contributed by atoms with Crippen molar-refractivity contribution in [1.29, 1.82) is 0 Å². The smallest absolute Gasteiger partial charge is 0.230 e. The van der Waals surface area contributed by atoms with E-state index in [1.165, 1.54) is 0 Å². The van der Waals surface area contributed by atoms with Crippen LogP contribution in [0.4, 0.5) is 5.69 Å². The van der Waals surface area contributed by atoms with Crippen molar-refractivity contribution < 1.29 is 9.59 Å². The van der Waals surface area contributed by atoms with Gasteiger partial charge in [-0.15, -0.1) is 0 Å². The topological polar surface area (TPSA) is 85.8 Å². The summed E-state index contributed by atoms with van der Waals surface area (Å²) in [5.74, 6) is 1.01. The normalized spacial score (nSPS) is 20.6. The third-order valence-corrected chi connectivity index (χ3v) is 5.93. The van der Waals surface area contributed by atoms with Crippen molar-refractivity contribution in [3.63, 3.8) is 0 Å². The van der Waals surface area contributed by atoms with Gasteiger partial charge in [0.05, 0.1) is 12.0 Å². The van der Waals surface area contributed by atoms with Crippen molar-refractivity contribution in [3.8, 4) is 0 Å². The summed E-state index contributed by atoms with van der Waals surface area (Å²) in [6.07, 6.45) is 4.39. The number of carbonyl (C=O) groups excluding carboxylic acids is 2. The van der Waals surface area contributed by atoms with Crippen molar-refractivity contribution in [1.82, 2.24) is 15.5 Å². The van der Waals surface area contributed by atoms with Crippen LogP contribution < -0.4 is 16.0 Å². The van der Waals surface area contributed by atoms with Crippen molar-refractivity contribution in [2.75, 3.05) is 39.0 Å². The minimum atomic E-state index is -0.386. The molecule has 1 aliphatic carbocycles. The minimum absolute atomic E-state index is 0.0407. The summed E-state index contributed by atoms with van der Waals surface area (Å²) in [7, 11) is 3.64. The van der Waals surface area contributed by atoms with E-state index in [2.05, 4.69) is 22.0 Å². The van der Waals surface area contributed by atoms with E-state index < -0.39 is 0 Å². The van der Waals surface area contributed by atoms with E-state index in [1.807, 2.05) is 39.2 Å². The lowest BCUT2D eigenvalue weighted by atomic mass is 9.85. The quantitative estimate of drug-likeness (QED) is 0.506. The molecule has 3 rings (SSSR count). The molecule has 1 atom stereocenters. The highest BCUT2D eigenvalue weighted by atomic mass is 16.2. The fourth-order valence-corrected chi connectivity index (χ4v) is 4.44. The zero-order valence-electron chi connectivity index (χ0n) is 17.8. The predicted molar refractivity (Wildman–Crippen MR) is 116 cm³/mol. The summed E-state index contributed by atoms with van der Waals surface area (Å²) in [6.45, 7) is 3.87. The van der Waals surface area contributed by atoms with E-state index in [1.54, 1.807) is 4.90 Å². The third kappa shape index (κ3) is 4.89. The second-order valence-corrected chi connectivity index (χ2v) is 8.30. The van der Waals surface area contributed by atoms with E-state index >= 15 is 0 Å². The van der Waals surface area contributed by atoms with Crippen molar-refractivity contribution >= 4 is 23.5 Å². The van der Waals surface area contributed by atoms with Gasteiger partial charge in [0.15, 0.2) is 5.96 Å². The molecule has 1 heterocycles. The summed E-state index contributed by atoms with van der Waals surface area (Å²) >= 11 is 0. The number of fused-ring (bicyclic) bond motifs is 1. The van der Waals surface area contributed by atoms with Crippen LogP contribution in [0, 0.1) is 5.41 Å². The van der Waals surface area contributed by atoms with Gasteiger partial charge in [-0.2, -0.15) is 0 Å².